The van der Waals surface area contributed by atoms with Crippen molar-refractivity contribution in [2.75, 3.05) is 6.54 Å². The van der Waals surface area contributed by atoms with Gasteiger partial charge in [0, 0.05) is 6.04 Å². The minimum atomic E-state index is -0.0674. The van der Waals surface area contributed by atoms with Gasteiger partial charge in [0.2, 0.25) is 0 Å². The van der Waals surface area contributed by atoms with Crippen molar-refractivity contribution < 1.29 is 10.2 Å². The number of hydrogen-bond donors (Lipinski definition) is 3. The summed E-state index contributed by atoms with van der Waals surface area (Å²) in [7, 11) is 0. The van der Waals surface area contributed by atoms with Gasteiger partial charge in [0.05, 0.1) is 0 Å². The number of rotatable bonds is 2. The maximum atomic E-state index is 9.63. The van der Waals surface area contributed by atoms with Gasteiger partial charge in [-0.2, -0.15) is 0 Å². The van der Waals surface area contributed by atoms with E-state index in [1.165, 1.54) is 22.3 Å². The van der Waals surface area contributed by atoms with Crippen molar-refractivity contribution in [3.8, 4) is 11.5 Å². The number of nitrogens with one attached hydrogen (secondary N) is 1. The number of aryl methyl sites for hydroxylation is 2. The zero-order valence-electron chi connectivity index (χ0n) is 12.5. The molecule has 0 bridgehead atoms. The summed E-state index contributed by atoms with van der Waals surface area (Å²) in [6, 6.07) is 9.90. The van der Waals surface area contributed by atoms with Crippen molar-refractivity contribution in [3.63, 3.8) is 0 Å². The van der Waals surface area contributed by atoms with E-state index in [1.54, 1.807) is 12.1 Å². The fourth-order valence-corrected chi connectivity index (χ4v) is 3.04. The second-order valence-corrected chi connectivity index (χ2v) is 5.92. The van der Waals surface area contributed by atoms with Gasteiger partial charge in [-0.3, -0.25) is 0 Å². The summed E-state index contributed by atoms with van der Waals surface area (Å²) in [6.07, 6.45) is 1.87. The molecule has 2 aromatic carbocycles. The first-order valence-electron chi connectivity index (χ1n) is 7.39. The number of fused-ring (bicyclic) bond motifs is 1. The van der Waals surface area contributed by atoms with Crippen LogP contribution in [0, 0.1) is 13.8 Å². The maximum Gasteiger partial charge on any atom is 0.157 e. The van der Waals surface area contributed by atoms with Crippen LogP contribution in [-0.4, -0.2) is 16.8 Å². The molecule has 0 radical (unpaired) electrons. The molecule has 0 saturated carbocycles. The largest absolute Gasteiger partial charge is 0.504 e. The van der Waals surface area contributed by atoms with Crippen molar-refractivity contribution in [1.82, 2.24) is 5.32 Å². The first-order valence-corrected chi connectivity index (χ1v) is 7.39. The molecule has 3 nitrogen and oxygen atoms in total. The SMILES string of the molecule is Cc1cc2c(cc1C)[C@@H](Cc1ccc(O)c(O)c1)NCC2. The Morgan fingerprint density at radius 3 is 2.57 bits per heavy atom. The normalized spacial score (nSPS) is 17.5. The molecule has 1 heterocycles. The summed E-state index contributed by atoms with van der Waals surface area (Å²) in [4.78, 5) is 0. The zero-order valence-corrected chi connectivity index (χ0v) is 12.5. The number of benzene rings is 2. The van der Waals surface area contributed by atoms with Gasteiger partial charge in [-0.05, 0) is 73.2 Å². The van der Waals surface area contributed by atoms with E-state index in [2.05, 4.69) is 31.3 Å². The molecule has 3 heteroatoms. The molecular formula is C18H21NO2. The summed E-state index contributed by atoms with van der Waals surface area (Å²) >= 11 is 0. The first-order chi connectivity index (χ1) is 10.0. The second kappa shape index (κ2) is 5.41. The van der Waals surface area contributed by atoms with E-state index < -0.39 is 0 Å². The van der Waals surface area contributed by atoms with Gasteiger partial charge >= 0.3 is 0 Å². The van der Waals surface area contributed by atoms with E-state index >= 15 is 0 Å². The number of phenolic OH excluding ortho intramolecular Hbond substituents is 2. The minimum Gasteiger partial charge on any atom is -0.504 e. The number of aromatic hydroxyl groups is 2. The second-order valence-electron chi connectivity index (χ2n) is 5.92. The molecular weight excluding hydrogens is 262 g/mol. The Bertz CT molecular complexity index is 679. The summed E-state index contributed by atoms with van der Waals surface area (Å²) in [6.45, 7) is 5.28. The molecule has 0 unspecified atom stereocenters. The highest BCUT2D eigenvalue weighted by atomic mass is 16.3. The fraction of sp³-hybridized carbons (Fsp3) is 0.333. The van der Waals surface area contributed by atoms with E-state index in [-0.39, 0.29) is 17.5 Å². The molecule has 3 N–H and O–H groups in total. The average molecular weight is 283 g/mol. The molecule has 2 aromatic rings. The van der Waals surface area contributed by atoms with Crippen LogP contribution in [0.25, 0.3) is 0 Å². The van der Waals surface area contributed by atoms with Crippen LogP contribution < -0.4 is 5.32 Å². The van der Waals surface area contributed by atoms with Gasteiger partial charge in [-0.15, -0.1) is 0 Å². The van der Waals surface area contributed by atoms with Crippen LogP contribution in [-0.2, 0) is 12.8 Å². The van der Waals surface area contributed by atoms with Crippen molar-refractivity contribution in [2.24, 2.45) is 0 Å². The van der Waals surface area contributed by atoms with Crippen molar-refractivity contribution in [1.29, 1.82) is 0 Å². The quantitative estimate of drug-likeness (QED) is 0.742. The van der Waals surface area contributed by atoms with Gasteiger partial charge in [-0.25, -0.2) is 0 Å². The highest BCUT2D eigenvalue weighted by Crippen LogP contribution is 2.31. The van der Waals surface area contributed by atoms with Crippen LogP contribution >= 0.6 is 0 Å². The minimum absolute atomic E-state index is 0.0522. The molecule has 0 saturated heterocycles. The highest BCUT2D eigenvalue weighted by Gasteiger charge is 2.21. The molecule has 1 aliphatic rings. The van der Waals surface area contributed by atoms with E-state index in [0.29, 0.717) is 0 Å². The van der Waals surface area contributed by atoms with E-state index in [0.717, 1.165) is 24.9 Å². The van der Waals surface area contributed by atoms with Crippen LogP contribution in [0.4, 0.5) is 0 Å². The molecule has 21 heavy (non-hydrogen) atoms. The third-order valence-corrected chi connectivity index (χ3v) is 4.40. The number of hydrogen-bond acceptors (Lipinski definition) is 3. The predicted octanol–water partition coefficient (Wildman–Crippen LogP) is 3.14. The Labute approximate surface area is 125 Å². The predicted molar refractivity (Wildman–Crippen MR) is 83.8 cm³/mol. The van der Waals surface area contributed by atoms with Gasteiger partial charge in [0.1, 0.15) is 0 Å². The Morgan fingerprint density at radius 2 is 1.81 bits per heavy atom. The van der Waals surface area contributed by atoms with E-state index in [9.17, 15) is 10.2 Å². The highest BCUT2D eigenvalue weighted by molar-refractivity contribution is 5.43. The monoisotopic (exact) mass is 283 g/mol. The van der Waals surface area contributed by atoms with Crippen molar-refractivity contribution >= 4 is 0 Å². The third-order valence-electron chi connectivity index (χ3n) is 4.40. The lowest BCUT2D eigenvalue weighted by molar-refractivity contribution is 0.402. The van der Waals surface area contributed by atoms with Gasteiger partial charge in [0.15, 0.2) is 11.5 Å². The Kier molecular flexibility index (Phi) is 3.60. The summed E-state index contributed by atoms with van der Waals surface area (Å²) in [5.74, 6) is -0.120. The first kappa shape index (κ1) is 14.0. The fourth-order valence-electron chi connectivity index (χ4n) is 3.04. The molecule has 1 atom stereocenters. The maximum absolute atomic E-state index is 9.63. The van der Waals surface area contributed by atoms with E-state index in [4.69, 9.17) is 0 Å². The lowest BCUT2D eigenvalue weighted by atomic mass is 9.87. The van der Waals surface area contributed by atoms with Crippen LogP contribution in [0.15, 0.2) is 30.3 Å². The molecule has 0 aromatic heterocycles. The molecule has 0 aliphatic carbocycles. The lowest BCUT2D eigenvalue weighted by Gasteiger charge is -2.28. The number of phenols is 2. The van der Waals surface area contributed by atoms with Crippen molar-refractivity contribution in [3.05, 3.63) is 58.1 Å². The average Bonchev–Trinajstić information content (AvgIpc) is 2.45. The topological polar surface area (TPSA) is 52.5 Å². The third kappa shape index (κ3) is 2.74. The molecule has 1 aliphatic heterocycles. The van der Waals surface area contributed by atoms with Crippen molar-refractivity contribution in [2.45, 2.75) is 32.7 Å². The van der Waals surface area contributed by atoms with Crippen LogP contribution in [0.1, 0.15) is 33.9 Å². The molecule has 110 valence electrons. The van der Waals surface area contributed by atoms with Crippen LogP contribution in [0.2, 0.25) is 0 Å². The molecule has 3 rings (SSSR count). The van der Waals surface area contributed by atoms with E-state index in [1.807, 2.05) is 6.07 Å². The Hall–Kier alpha value is -2.00. The van der Waals surface area contributed by atoms with Gasteiger partial charge in [-0.1, -0.05) is 18.2 Å². The Balaban J connectivity index is 1.91. The molecule has 0 amide bonds. The Morgan fingerprint density at radius 1 is 1.05 bits per heavy atom. The molecule has 0 fully saturated rings. The summed E-state index contributed by atoms with van der Waals surface area (Å²) in [5.41, 5.74) is 6.46. The molecule has 0 spiro atoms. The standard InChI is InChI=1S/C18H21NO2/c1-11-7-14-5-6-19-16(15(14)8-12(11)2)9-13-3-4-17(20)18(21)10-13/h3-4,7-8,10,16,19-21H,5-6,9H2,1-2H3/t16-/m1/s1. The zero-order chi connectivity index (χ0) is 15.0. The van der Waals surface area contributed by atoms with Crippen LogP contribution in [0.5, 0.6) is 11.5 Å². The smallest absolute Gasteiger partial charge is 0.157 e. The van der Waals surface area contributed by atoms with Gasteiger partial charge < -0.3 is 15.5 Å². The van der Waals surface area contributed by atoms with Gasteiger partial charge in [0.25, 0.3) is 0 Å². The lowest BCUT2D eigenvalue weighted by Crippen LogP contribution is -2.31. The van der Waals surface area contributed by atoms with Crippen LogP contribution in [0.3, 0.4) is 0 Å². The summed E-state index contributed by atoms with van der Waals surface area (Å²) < 4.78 is 0. The summed E-state index contributed by atoms with van der Waals surface area (Å²) in [5, 5.41) is 22.6.